The van der Waals surface area contributed by atoms with Gasteiger partial charge in [0.2, 0.25) is 0 Å². The fourth-order valence-electron chi connectivity index (χ4n) is 0. The predicted octanol–water partition coefficient (Wildman–Crippen LogP) is -1.16. The molecule has 0 aromatic carbocycles. The van der Waals surface area contributed by atoms with Gasteiger partial charge in [0, 0.05) is 0 Å². The molecule has 0 bridgehead atoms. The SMILES string of the molecule is O=C(O)C(=O)O.[Ba+2].[Ca+2].[H-].[H-].[H-].[H-]. The van der Waals surface area contributed by atoms with Crippen molar-refractivity contribution in [2.75, 3.05) is 0 Å². The molecule has 0 fully saturated rings. The standard InChI is InChI=1S/C2H2O4.Ba.Ca.4H/c3-1(4)2(5)6;;;;;;/h(H,3,4)(H,5,6);;;;;;/q;2*+2;4*-1. The minimum absolute atomic E-state index is 0. The van der Waals surface area contributed by atoms with Gasteiger partial charge in [-0.25, -0.2) is 9.59 Å². The van der Waals surface area contributed by atoms with Crippen LogP contribution in [0.25, 0.3) is 0 Å². The Bertz CT molecular complexity index is 91.1. The average Bonchev–Trinajstić information content (AvgIpc) is 1.36. The van der Waals surface area contributed by atoms with E-state index < -0.39 is 11.9 Å². The third-order valence-corrected chi connectivity index (χ3v) is 0.183. The summed E-state index contributed by atoms with van der Waals surface area (Å²) >= 11 is 0. The van der Waals surface area contributed by atoms with Gasteiger partial charge in [-0.05, 0) is 0 Å². The van der Waals surface area contributed by atoms with E-state index in [1.54, 1.807) is 0 Å². The summed E-state index contributed by atoms with van der Waals surface area (Å²) in [6.07, 6.45) is 0. The third-order valence-electron chi connectivity index (χ3n) is 0.183. The number of carbonyl (C=O) groups is 2. The Labute approximate surface area is 122 Å². The van der Waals surface area contributed by atoms with Crippen molar-refractivity contribution in [2.45, 2.75) is 0 Å². The van der Waals surface area contributed by atoms with Gasteiger partial charge in [-0.1, -0.05) is 0 Å². The summed E-state index contributed by atoms with van der Waals surface area (Å²) < 4.78 is 0. The summed E-state index contributed by atoms with van der Waals surface area (Å²) in [5, 5.41) is 14.8. The summed E-state index contributed by atoms with van der Waals surface area (Å²) in [4.78, 5) is 18.2. The van der Waals surface area contributed by atoms with Crippen LogP contribution in [-0.4, -0.2) is 109 Å². The first-order valence-electron chi connectivity index (χ1n) is 1.11. The van der Waals surface area contributed by atoms with Crippen LogP contribution in [-0.2, 0) is 9.59 Å². The van der Waals surface area contributed by atoms with Gasteiger partial charge in [-0.2, -0.15) is 0 Å². The first-order chi connectivity index (χ1) is 2.64. The number of rotatable bonds is 0. The molecule has 4 nitrogen and oxygen atoms in total. The van der Waals surface area contributed by atoms with Crippen molar-refractivity contribution >= 4 is 98.6 Å². The third kappa shape index (κ3) is 10.7. The van der Waals surface area contributed by atoms with Crippen LogP contribution in [0.5, 0.6) is 0 Å². The maximum atomic E-state index is 9.10. The molecule has 0 aromatic rings. The van der Waals surface area contributed by atoms with Gasteiger partial charge in [-0.3, -0.25) is 0 Å². The molecule has 8 heavy (non-hydrogen) atoms. The Morgan fingerprint density at radius 3 is 1.25 bits per heavy atom. The fourth-order valence-corrected chi connectivity index (χ4v) is 0. The van der Waals surface area contributed by atoms with E-state index in [9.17, 15) is 0 Å². The van der Waals surface area contributed by atoms with Crippen molar-refractivity contribution in [3.8, 4) is 0 Å². The van der Waals surface area contributed by atoms with Crippen LogP contribution in [0.4, 0.5) is 0 Å². The molecule has 0 aliphatic heterocycles. The first-order valence-corrected chi connectivity index (χ1v) is 1.11. The van der Waals surface area contributed by atoms with E-state index in [2.05, 4.69) is 0 Å². The minimum Gasteiger partial charge on any atom is -1.00 e. The van der Waals surface area contributed by atoms with E-state index in [1.807, 2.05) is 0 Å². The first kappa shape index (κ1) is 16.4. The van der Waals surface area contributed by atoms with Crippen LogP contribution in [0.2, 0.25) is 0 Å². The van der Waals surface area contributed by atoms with Gasteiger partial charge in [-0.15, -0.1) is 0 Å². The molecular formula is C2H6BaCaO4. The Morgan fingerprint density at radius 2 is 1.25 bits per heavy atom. The molecule has 0 saturated carbocycles. The fraction of sp³-hybridized carbons (Fsp3) is 0. The zero-order valence-corrected chi connectivity index (χ0v) is 10.8. The van der Waals surface area contributed by atoms with Crippen LogP contribution >= 0.6 is 0 Å². The van der Waals surface area contributed by atoms with Gasteiger partial charge in [0.15, 0.2) is 0 Å². The van der Waals surface area contributed by atoms with E-state index in [1.165, 1.54) is 0 Å². The molecule has 0 amide bonds. The molecule has 0 unspecified atom stereocenters. The molecule has 0 saturated heterocycles. The van der Waals surface area contributed by atoms with Gasteiger partial charge >= 0.3 is 98.6 Å². The average molecular weight is 271 g/mol. The van der Waals surface area contributed by atoms with Gasteiger partial charge in [0.1, 0.15) is 0 Å². The second-order valence-corrected chi connectivity index (χ2v) is 0.610. The second-order valence-electron chi connectivity index (χ2n) is 0.610. The van der Waals surface area contributed by atoms with E-state index in [4.69, 9.17) is 19.8 Å². The molecule has 6 heteroatoms. The van der Waals surface area contributed by atoms with E-state index >= 15 is 0 Å². The van der Waals surface area contributed by atoms with Crippen molar-refractivity contribution < 1.29 is 25.5 Å². The molecule has 0 aliphatic carbocycles. The Hall–Kier alpha value is 1.77. The van der Waals surface area contributed by atoms with Crippen LogP contribution in [0.15, 0.2) is 0 Å². The van der Waals surface area contributed by atoms with Gasteiger partial charge in [0.05, 0.1) is 0 Å². The molecule has 0 heterocycles. The van der Waals surface area contributed by atoms with E-state index in [0.717, 1.165) is 0 Å². The Morgan fingerprint density at radius 1 is 1.12 bits per heavy atom. The zero-order chi connectivity index (χ0) is 5.15. The number of carboxylic acid groups (broad SMARTS) is 2. The topological polar surface area (TPSA) is 74.6 Å². The van der Waals surface area contributed by atoms with Crippen LogP contribution in [0, 0.1) is 0 Å². The van der Waals surface area contributed by atoms with Crippen LogP contribution in [0.1, 0.15) is 5.71 Å². The Kier molecular flexibility index (Phi) is 18.0. The monoisotopic (exact) mass is 272 g/mol. The number of aliphatic carboxylic acids is 2. The summed E-state index contributed by atoms with van der Waals surface area (Å²) in [7, 11) is 0. The largest absolute Gasteiger partial charge is 2.00 e. The molecule has 0 radical (unpaired) electrons. The van der Waals surface area contributed by atoms with Crippen LogP contribution < -0.4 is 0 Å². The van der Waals surface area contributed by atoms with Crippen molar-refractivity contribution in [1.29, 1.82) is 0 Å². The van der Waals surface area contributed by atoms with E-state index in [-0.39, 0.29) is 92.3 Å². The molecule has 0 aromatic heterocycles. The van der Waals surface area contributed by atoms with Crippen LogP contribution in [0.3, 0.4) is 0 Å². The molecule has 0 aliphatic rings. The maximum absolute atomic E-state index is 9.10. The quantitative estimate of drug-likeness (QED) is 0.431. The minimum atomic E-state index is -1.82. The summed E-state index contributed by atoms with van der Waals surface area (Å²) in [6, 6.07) is 0. The smallest absolute Gasteiger partial charge is 1.00 e. The van der Waals surface area contributed by atoms with Crippen molar-refractivity contribution in [1.82, 2.24) is 0 Å². The van der Waals surface area contributed by atoms with Crippen molar-refractivity contribution in [3.63, 3.8) is 0 Å². The molecule has 0 rings (SSSR count). The molecule has 2 N–H and O–H groups in total. The predicted molar refractivity (Wildman–Crippen MR) is 31.2 cm³/mol. The van der Waals surface area contributed by atoms with Crippen molar-refractivity contribution in [3.05, 3.63) is 0 Å². The second kappa shape index (κ2) is 8.77. The number of carboxylic acids is 2. The normalized spacial score (nSPS) is 5.50. The Balaban J connectivity index is -0.00000000833. The summed E-state index contributed by atoms with van der Waals surface area (Å²) in [6.45, 7) is 0. The van der Waals surface area contributed by atoms with Gasteiger partial charge in [0.25, 0.3) is 0 Å². The number of hydrogen-bond donors (Lipinski definition) is 2. The maximum Gasteiger partial charge on any atom is 2.00 e. The molecule has 42 valence electrons. The number of hydrogen-bond acceptors (Lipinski definition) is 2. The van der Waals surface area contributed by atoms with Crippen molar-refractivity contribution in [2.24, 2.45) is 0 Å². The molecular weight excluding hydrogens is 265 g/mol. The molecule has 0 spiro atoms. The summed E-state index contributed by atoms with van der Waals surface area (Å²) in [5.41, 5.74) is 0. The van der Waals surface area contributed by atoms with E-state index in [0.29, 0.717) is 0 Å². The zero-order valence-electron chi connectivity index (χ0n) is 8.13. The van der Waals surface area contributed by atoms with Gasteiger partial charge < -0.3 is 15.9 Å². The summed E-state index contributed by atoms with van der Waals surface area (Å²) in [5.74, 6) is -3.65. The molecule has 0 atom stereocenters.